The first-order chi connectivity index (χ1) is 30.6. The lowest BCUT2D eigenvalue weighted by atomic mass is 10.1. The van der Waals surface area contributed by atoms with Crippen LogP contribution in [0.4, 0.5) is 43.7 Å². The fourth-order valence-corrected chi connectivity index (χ4v) is 6.03. The van der Waals surface area contributed by atoms with E-state index in [1.807, 2.05) is 48.5 Å². The maximum Gasteiger partial charge on any atom is 0.412 e. The number of nitrogens with zero attached hydrogens (tertiary/aromatic N) is 2. The summed E-state index contributed by atoms with van der Waals surface area (Å²) in [6, 6.07) is 18.0. The van der Waals surface area contributed by atoms with Crippen molar-refractivity contribution in [3.63, 3.8) is 0 Å². The number of anilines is 6. The van der Waals surface area contributed by atoms with Crippen molar-refractivity contribution in [2.24, 2.45) is 0 Å². The number of ether oxygens (including phenoxy) is 2. The first-order valence-electron chi connectivity index (χ1n) is 20.8. The molecule has 0 aliphatic rings. The Balaban J connectivity index is 0.000000541. The quantitative estimate of drug-likeness (QED) is 0.0488. The van der Waals surface area contributed by atoms with Crippen LogP contribution in [0.3, 0.4) is 0 Å². The smallest absolute Gasteiger partial charge is 0.412 e. The highest BCUT2D eigenvalue weighted by Gasteiger charge is 2.19. The standard InChI is InChI=1S/C23H29BrN4O4.C13H16BrNO3.C10H15N3O2.CH4/c1-23(2,3)32-22(31)28-18-12-13-25-15-19(18)27-21(30)11-6-4-5-10-20(29)26-17-9-7-8-16(24)14-17;14-10-5-4-6-11(9-10)15-12(16)7-2-1-3-8-13(17)18;1-10(2,3)15-9(14)13-8-4-5-12-6-7(8)11;/h7-9,12-15H,4-6,10-11H2,1-3H3,(H,26,29)(H,27,30)(H,25,28,31);4-6,9H,1-3,7-8H2,(H,15,16)(H,17,18);4-6H,11H2,1-3H3,(H,12,13,14);1H4. The van der Waals surface area contributed by atoms with Gasteiger partial charge in [-0.15, -0.1) is 0 Å². The number of halogens is 2. The molecule has 66 heavy (non-hydrogen) atoms. The Morgan fingerprint density at radius 3 is 1.39 bits per heavy atom. The largest absolute Gasteiger partial charge is 0.481 e. The number of aromatic nitrogens is 2. The molecule has 4 rings (SSSR count). The lowest BCUT2D eigenvalue weighted by molar-refractivity contribution is -0.137. The molecule has 5 amide bonds. The number of carbonyl (C=O) groups is 6. The zero-order valence-corrected chi connectivity index (χ0v) is 40.8. The van der Waals surface area contributed by atoms with Crippen LogP contribution >= 0.6 is 31.9 Å². The second-order valence-corrected chi connectivity index (χ2v) is 18.1. The average Bonchev–Trinajstić information content (AvgIpc) is 3.18. The molecule has 0 radical (unpaired) electrons. The Hall–Kier alpha value is -6.08. The first-order valence-corrected chi connectivity index (χ1v) is 22.4. The molecule has 0 aliphatic carbocycles. The third-order valence-corrected chi connectivity index (χ3v) is 9.02. The number of carboxylic acid groups (broad SMARTS) is 1. The van der Waals surface area contributed by atoms with E-state index in [2.05, 4.69) is 68.4 Å². The van der Waals surface area contributed by atoms with Crippen LogP contribution in [0.1, 0.15) is 113 Å². The third kappa shape index (κ3) is 28.0. The SMILES string of the molecule is C.CC(C)(C)OC(=O)Nc1ccncc1N.CC(C)(C)OC(=O)Nc1ccncc1NC(=O)CCCCCC(=O)Nc1cccc(Br)c1.O=C(O)CCCCCC(=O)Nc1cccc(Br)c1. The summed E-state index contributed by atoms with van der Waals surface area (Å²) in [5.74, 6) is -1.07. The highest BCUT2D eigenvalue weighted by atomic mass is 79.9. The number of hydrogen-bond acceptors (Lipinski definition) is 11. The number of pyridine rings is 2. The summed E-state index contributed by atoms with van der Waals surface area (Å²) < 4.78 is 12.1. The highest BCUT2D eigenvalue weighted by molar-refractivity contribution is 9.10. The zero-order chi connectivity index (χ0) is 48.4. The predicted octanol–water partition coefficient (Wildman–Crippen LogP) is 11.8. The fraction of sp³-hybridized carbons (Fsp3) is 0.404. The van der Waals surface area contributed by atoms with Gasteiger partial charge in [0.25, 0.3) is 0 Å². The van der Waals surface area contributed by atoms with Crippen molar-refractivity contribution in [3.8, 4) is 0 Å². The molecule has 0 saturated heterocycles. The van der Waals surface area contributed by atoms with Crippen LogP contribution < -0.4 is 32.3 Å². The number of carbonyl (C=O) groups excluding carboxylic acids is 5. The van der Waals surface area contributed by atoms with E-state index in [0.29, 0.717) is 67.7 Å². The summed E-state index contributed by atoms with van der Waals surface area (Å²) in [6.45, 7) is 10.7. The second-order valence-electron chi connectivity index (χ2n) is 16.3. The van der Waals surface area contributed by atoms with Gasteiger partial charge in [-0.05, 0) is 116 Å². The van der Waals surface area contributed by atoms with Crippen molar-refractivity contribution in [2.75, 3.05) is 32.3 Å². The second kappa shape index (κ2) is 30.2. The molecule has 2 aromatic carbocycles. The number of unbranched alkanes of at least 4 members (excludes halogenated alkanes) is 4. The minimum Gasteiger partial charge on any atom is -0.481 e. The van der Waals surface area contributed by atoms with E-state index < -0.39 is 29.4 Å². The number of carboxylic acids is 1. The number of aliphatic carboxylic acids is 1. The van der Waals surface area contributed by atoms with E-state index in [9.17, 15) is 28.8 Å². The van der Waals surface area contributed by atoms with Gasteiger partial charge in [-0.25, -0.2) is 9.59 Å². The van der Waals surface area contributed by atoms with Gasteiger partial charge in [-0.3, -0.25) is 39.8 Å². The van der Waals surface area contributed by atoms with Gasteiger partial charge in [0.15, 0.2) is 0 Å². The van der Waals surface area contributed by atoms with Crippen LogP contribution in [0.2, 0.25) is 0 Å². The molecule has 19 heteroatoms. The number of nitrogens with two attached hydrogens (primary N) is 1. The van der Waals surface area contributed by atoms with Crippen LogP contribution in [0.5, 0.6) is 0 Å². The van der Waals surface area contributed by atoms with E-state index in [-0.39, 0.29) is 31.6 Å². The number of hydrogen-bond donors (Lipinski definition) is 7. The minimum absolute atomic E-state index is 0. The zero-order valence-electron chi connectivity index (χ0n) is 37.6. The lowest BCUT2D eigenvalue weighted by Crippen LogP contribution is -2.27. The van der Waals surface area contributed by atoms with E-state index in [0.717, 1.165) is 33.2 Å². The van der Waals surface area contributed by atoms with E-state index >= 15 is 0 Å². The number of amides is 5. The van der Waals surface area contributed by atoms with Gasteiger partial charge in [-0.2, -0.15) is 0 Å². The minimum atomic E-state index is -0.784. The van der Waals surface area contributed by atoms with Crippen molar-refractivity contribution in [2.45, 2.75) is 124 Å². The van der Waals surface area contributed by atoms with Crippen molar-refractivity contribution >= 4 is 102 Å². The van der Waals surface area contributed by atoms with Crippen LogP contribution in [0.25, 0.3) is 0 Å². The van der Waals surface area contributed by atoms with Crippen molar-refractivity contribution in [1.29, 1.82) is 0 Å². The molecule has 2 aromatic heterocycles. The maximum absolute atomic E-state index is 12.3. The van der Waals surface area contributed by atoms with E-state index in [4.69, 9.17) is 20.3 Å². The van der Waals surface area contributed by atoms with Gasteiger partial charge < -0.3 is 36.3 Å². The summed E-state index contributed by atoms with van der Waals surface area (Å²) in [6.07, 6.45) is 10.3. The van der Waals surface area contributed by atoms with Gasteiger partial charge in [0.2, 0.25) is 17.7 Å². The molecular weight excluding hydrogens is 980 g/mol. The van der Waals surface area contributed by atoms with E-state index in [1.165, 1.54) is 18.6 Å². The van der Waals surface area contributed by atoms with Gasteiger partial charge in [0.1, 0.15) is 11.2 Å². The number of benzene rings is 2. The van der Waals surface area contributed by atoms with Crippen molar-refractivity contribution < 1.29 is 43.3 Å². The Morgan fingerprint density at radius 2 is 0.970 bits per heavy atom. The Kier molecular flexibility index (Phi) is 26.5. The lowest BCUT2D eigenvalue weighted by Gasteiger charge is -2.20. The monoisotopic (exact) mass is 1040 g/mol. The van der Waals surface area contributed by atoms with Gasteiger partial charge in [-0.1, -0.05) is 64.3 Å². The maximum atomic E-state index is 12.3. The number of rotatable bonds is 17. The van der Waals surface area contributed by atoms with Crippen LogP contribution in [-0.2, 0) is 28.7 Å². The van der Waals surface area contributed by atoms with Crippen LogP contribution in [0, 0.1) is 0 Å². The predicted molar refractivity (Wildman–Crippen MR) is 267 cm³/mol. The summed E-state index contributed by atoms with van der Waals surface area (Å²) in [7, 11) is 0. The van der Waals surface area contributed by atoms with Gasteiger partial charge in [0, 0.05) is 58.4 Å². The number of nitrogen functional groups attached to an aromatic ring is 1. The van der Waals surface area contributed by atoms with Gasteiger partial charge in [0.05, 0.1) is 35.1 Å². The summed E-state index contributed by atoms with van der Waals surface area (Å²) >= 11 is 6.70. The fourth-order valence-electron chi connectivity index (χ4n) is 5.23. The molecule has 8 N–H and O–H groups in total. The Morgan fingerprint density at radius 1 is 0.561 bits per heavy atom. The van der Waals surface area contributed by atoms with E-state index in [1.54, 1.807) is 59.9 Å². The molecule has 0 fully saturated rings. The summed E-state index contributed by atoms with van der Waals surface area (Å²) in [5.41, 5.74) is 7.67. The molecule has 0 bridgehead atoms. The summed E-state index contributed by atoms with van der Waals surface area (Å²) in [4.78, 5) is 77.3. The Bertz CT molecular complexity index is 2180. The number of nitrogens with one attached hydrogen (secondary N) is 5. The normalized spacial score (nSPS) is 10.5. The molecule has 4 aromatic rings. The molecule has 0 spiro atoms. The molecule has 360 valence electrons. The molecular formula is C47H64Br2N8O9. The Labute approximate surface area is 404 Å². The molecule has 17 nitrogen and oxygen atoms in total. The first kappa shape index (κ1) is 57.9. The van der Waals surface area contributed by atoms with Crippen LogP contribution in [-0.4, -0.2) is 62.2 Å². The topological polar surface area (TPSA) is 253 Å². The van der Waals surface area contributed by atoms with Crippen molar-refractivity contribution in [1.82, 2.24) is 9.97 Å². The molecule has 0 atom stereocenters. The average molecular weight is 1040 g/mol. The molecule has 0 saturated carbocycles. The third-order valence-electron chi connectivity index (χ3n) is 8.04. The van der Waals surface area contributed by atoms with Gasteiger partial charge >= 0.3 is 18.2 Å². The molecule has 0 unspecified atom stereocenters. The van der Waals surface area contributed by atoms with Crippen LogP contribution in [0.15, 0.2) is 94.4 Å². The molecule has 0 aliphatic heterocycles. The summed E-state index contributed by atoms with van der Waals surface area (Å²) in [5, 5.41) is 22.0. The molecule has 2 heterocycles. The highest BCUT2D eigenvalue weighted by Crippen LogP contribution is 2.22. The van der Waals surface area contributed by atoms with Crippen molar-refractivity contribution in [3.05, 3.63) is 94.4 Å².